The van der Waals surface area contributed by atoms with E-state index in [2.05, 4.69) is 234 Å². The van der Waals surface area contributed by atoms with Gasteiger partial charge in [0, 0.05) is 0 Å². The van der Waals surface area contributed by atoms with Crippen molar-refractivity contribution < 1.29 is 71.5 Å². The summed E-state index contributed by atoms with van der Waals surface area (Å²) in [5, 5.41) is 11.5. The van der Waals surface area contributed by atoms with Crippen molar-refractivity contribution in [3.05, 3.63) is 164 Å². The number of fused-ring (bicyclic) bond motifs is 4. The minimum Gasteiger partial charge on any atom is -1.00 e. The van der Waals surface area contributed by atoms with E-state index in [0.29, 0.717) is 23.7 Å². The van der Waals surface area contributed by atoms with Gasteiger partial charge in [0.15, 0.2) is 0 Å². The molecule has 0 radical (unpaired) electrons. The molecule has 0 bridgehead atoms. The maximum atomic E-state index is 2.35. The summed E-state index contributed by atoms with van der Waals surface area (Å²) in [6.45, 7) is 45.0. The Morgan fingerprint density at radius 2 is 0.500 bits per heavy atom. The Hall–Kier alpha value is -1.90. The van der Waals surface area contributed by atoms with Gasteiger partial charge in [0.25, 0.3) is 0 Å². The molecule has 6 heteroatoms. The fourth-order valence-electron chi connectivity index (χ4n) is 9.00. The standard InChI is InChI=1S/4C15H19.2C2H6Si.2ClH.2Zr/c4*1-5-12-8-13-6-11(4)7-14(10(2)3)15(13)9-12;2*1-3-2;;;;/h4*6-10H,5H2,1-4H3;2*1-2H3;2*1H;;/q4*-1;;;;;2*+2/p-2. The molecule has 70 heavy (non-hydrogen) atoms. The molecule has 0 atom stereocenters. The van der Waals surface area contributed by atoms with E-state index in [1.54, 1.807) is 46.7 Å². The Morgan fingerprint density at radius 3 is 0.629 bits per heavy atom. The molecule has 0 N–H and O–H groups in total. The molecule has 0 aliphatic carbocycles. The predicted molar refractivity (Wildman–Crippen MR) is 306 cm³/mol. The van der Waals surface area contributed by atoms with Gasteiger partial charge in [0.1, 0.15) is 0 Å². The normalized spacial score (nSPS) is 10.7. The summed E-state index contributed by atoms with van der Waals surface area (Å²) in [7, 11) is 0. The second-order valence-electron chi connectivity index (χ2n) is 20.9. The zero-order chi connectivity index (χ0) is 51.2. The van der Waals surface area contributed by atoms with Crippen LogP contribution >= 0.6 is 0 Å². The molecule has 0 aliphatic heterocycles. The molecule has 0 amide bonds. The zero-order valence-electron chi connectivity index (χ0n) is 47.1. The van der Waals surface area contributed by atoms with Crippen LogP contribution in [0.4, 0.5) is 0 Å². The number of halogens is 2. The van der Waals surface area contributed by atoms with Gasteiger partial charge in [-0.1, -0.05) is 152 Å². The second kappa shape index (κ2) is 31.7. The summed E-state index contributed by atoms with van der Waals surface area (Å²) >= 11 is 3.48. The van der Waals surface area contributed by atoms with E-state index >= 15 is 0 Å². The summed E-state index contributed by atoms with van der Waals surface area (Å²) in [4.78, 5) is 0. The van der Waals surface area contributed by atoms with E-state index in [9.17, 15) is 0 Å². The molecule has 8 rings (SSSR count). The summed E-state index contributed by atoms with van der Waals surface area (Å²) < 4.78 is 0. The molecule has 0 aromatic heterocycles. The van der Waals surface area contributed by atoms with Crippen LogP contribution in [0.2, 0.25) is 26.2 Å². The first-order valence-corrected chi connectivity index (χ1v) is 38.1. The maximum Gasteiger partial charge on any atom is -1.00 e. The van der Waals surface area contributed by atoms with Crippen LogP contribution in [0.5, 0.6) is 0 Å². The fourth-order valence-corrected chi connectivity index (χ4v) is 9.00. The predicted octanol–water partition coefficient (Wildman–Crippen LogP) is 13.8. The van der Waals surface area contributed by atoms with Crippen molar-refractivity contribution >= 4 is 54.0 Å². The Balaban J connectivity index is 0.000000439. The van der Waals surface area contributed by atoms with E-state index in [4.69, 9.17) is 0 Å². The number of aryl methyl sites for hydroxylation is 8. The van der Waals surface area contributed by atoms with Crippen molar-refractivity contribution in [2.75, 3.05) is 0 Å². The Bertz CT molecular complexity index is 2480. The van der Waals surface area contributed by atoms with Crippen LogP contribution in [0.15, 0.2) is 97.1 Å². The van der Waals surface area contributed by atoms with Crippen molar-refractivity contribution in [2.45, 2.75) is 186 Å². The van der Waals surface area contributed by atoms with Gasteiger partial charge in [-0.2, -0.15) is 24.3 Å². The van der Waals surface area contributed by atoms with E-state index in [1.807, 2.05) is 0 Å². The Labute approximate surface area is 471 Å². The van der Waals surface area contributed by atoms with Crippen molar-refractivity contribution in [1.29, 1.82) is 0 Å². The molecular formula is C64H88Cl2Si2Zr2-2. The zero-order valence-corrected chi connectivity index (χ0v) is 55.6. The third-order valence-corrected chi connectivity index (χ3v) is 12.4. The molecule has 0 fully saturated rings. The molecule has 376 valence electrons. The van der Waals surface area contributed by atoms with Gasteiger partial charge in [0.2, 0.25) is 0 Å². The van der Waals surface area contributed by atoms with Crippen molar-refractivity contribution in [3.63, 3.8) is 0 Å². The summed E-state index contributed by atoms with van der Waals surface area (Å²) in [6.07, 6.45) is 4.52. The van der Waals surface area contributed by atoms with Crippen LogP contribution < -0.4 is 24.8 Å². The van der Waals surface area contributed by atoms with Gasteiger partial charge in [-0.05, 0) is 77.0 Å². The van der Waals surface area contributed by atoms with Gasteiger partial charge in [0.05, 0.1) is 0 Å². The number of rotatable bonds is 8. The molecule has 0 aliphatic rings. The number of hydrogen-bond donors (Lipinski definition) is 0. The third-order valence-electron chi connectivity index (χ3n) is 12.4. The van der Waals surface area contributed by atoms with Gasteiger partial charge in [-0.15, -0.1) is 114 Å². The van der Waals surface area contributed by atoms with E-state index < -0.39 is 0 Å². The van der Waals surface area contributed by atoms with Crippen molar-refractivity contribution in [3.8, 4) is 0 Å². The number of hydrogen-bond acceptors (Lipinski definition) is 0. The topological polar surface area (TPSA) is 0 Å². The second-order valence-corrected chi connectivity index (χ2v) is 39.7. The van der Waals surface area contributed by atoms with Crippen LogP contribution in [-0.2, 0) is 72.4 Å². The van der Waals surface area contributed by atoms with Crippen molar-refractivity contribution in [1.82, 2.24) is 0 Å². The Kier molecular flexibility index (Phi) is 30.0. The van der Waals surface area contributed by atoms with Crippen LogP contribution in [0.3, 0.4) is 0 Å². The van der Waals surface area contributed by atoms with Gasteiger partial charge in [-0.25, -0.2) is 0 Å². The SMILES string of the molecule is CCc1cc2c(C(C)C)cc(C)cc2[cH-]1.CCc1cc2c(C(C)C)cc(C)cc2[cH-]1.CCc1cc2c(C(C)C)cc(C)cc2[cH-]1.CCc1cc2c(C(C)C)cc(C)cc2[cH-]1.C[Si](C)=[Zr+2].C[Si](C)=[Zr+2].[Cl-].[Cl-]. The summed E-state index contributed by atoms with van der Waals surface area (Å²) in [5.74, 6) is 2.44. The molecule has 0 nitrogen and oxygen atoms in total. The van der Waals surface area contributed by atoms with Crippen LogP contribution in [0, 0.1) is 27.7 Å². The molecule has 0 unspecified atom stereocenters. The average Bonchev–Trinajstić information content (AvgIpc) is 4.06. The molecule has 0 spiro atoms. The Morgan fingerprint density at radius 1 is 0.343 bits per heavy atom. The monoisotopic (exact) mass is 1160 g/mol. The summed E-state index contributed by atoms with van der Waals surface area (Å²) in [6, 6.07) is 37.2. The van der Waals surface area contributed by atoms with E-state index in [0.717, 1.165) is 25.7 Å². The molecule has 0 saturated heterocycles. The minimum absolute atomic E-state index is 0. The van der Waals surface area contributed by atoms with Crippen LogP contribution in [0.1, 0.15) is 174 Å². The molecule has 0 heterocycles. The molecule has 8 aromatic rings. The largest absolute Gasteiger partial charge is 1.00 e. The van der Waals surface area contributed by atoms with Gasteiger partial charge >= 0.3 is 83.7 Å². The maximum absolute atomic E-state index is 2.35. The van der Waals surface area contributed by atoms with Crippen molar-refractivity contribution in [2.24, 2.45) is 0 Å². The van der Waals surface area contributed by atoms with Gasteiger partial charge < -0.3 is 24.8 Å². The van der Waals surface area contributed by atoms with Crippen LogP contribution in [-0.4, -0.2) is 10.9 Å². The minimum atomic E-state index is 0. The average molecular weight is 1170 g/mol. The van der Waals surface area contributed by atoms with Gasteiger partial charge in [-0.3, -0.25) is 0 Å². The molecule has 0 saturated carbocycles. The molecule has 8 aromatic carbocycles. The molecular weight excluding hydrogens is 1080 g/mol. The first-order chi connectivity index (χ1) is 31.9. The van der Waals surface area contributed by atoms with Crippen LogP contribution in [0.25, 0.3) is 43.1 Å². The smallest absolute Gasteiger partial charge is 1.00 e. The van der Waals surface area contributed by atoms with E-state index in [-0.39, 0.29) is 35.7 Å². The third kappa shape index (κ3) is 20.1. The first-order valence-electron chi connectivity index (χ1n) is 25.8. The fraction of sp³-hybridized carbons (Fsp3) is 0.438. The summed E-state index contributed by atoms with van der Waals surface area (Å²) in [5.41, 5.74) is 17.7. The van der Waals surface area contributed by atoms with E-state index in [1.165, 1.54) is 110 Å². The first kappa shape index (κ1) is 66.1. The number of benzene rings is 4. The quantitative estimate of drug-likeness (QED) is 0.105.